The fraction of sp³-hybridized carbons (Fsp3) is 0.692. The summed E-state index contributed by atoms with van der Waals surface area (Å²) >= 11 is 6.00. The van der Waals surface area contributed by atoms with E-state index < -0.39 is 0 Å². The minimum absolute atomic E-state index is 0.448. The maximum atomic E-state index is 6.00. The molecule has 1 fully saturated rings. The minimum Gasteiger partial charge on any atom is -0.352 e. The molecule has 1 aromatic heterocycles. The van der Waals surface area contributed by atoms with Gasteiger partial charge in [-0.15, -0.1) is 10.2 Å². The van der Waals surface area contributed by atoms with Crippen molar-refractivity contribution in [2.75, 3.05) is 11.4 Å². The van der Waals surface area contributed by atoms with Gasteiger partial charge in [-0.3, -0.25) is 0 Å². The molecule has 0 saturated heterocycles. The third-order valence-corrected chi connectivity index (χ3v) is 3.85. The van der Waals surface area contributed by atoms with Crippen LogP contribution >= 0.6 is 11.6 Å². The smallest absolute Gasteiger partial charge is 0.155 e. The number of hydrogen-bond donors (Lipinski definition) is 0. The molecule has 0 aromatic carbocycles. The van der Waals surface area contributed by atoms with E-state index in [1.54, 1.807) is 0 Å². The number of aromatic nitrogens is 2. The highest BCUT2D eigenvalue weighted by molar-refractivity contribution is 6.30. The van der Waals surface area contributed by atoms with Crippen LogP contribution in [0, 0.1) is 19.8 Å². The zero-order chi connectivity index (χ0) is 12.6. The summed E-state index contributed by atoms with van der Waals surface area (Å²) in [6.07, 6.45) is 2.70. The van der Waals surface area contributed by atoms with Crippen molar-refractivity contribution in [3.05, 3.63) is 16.3 Å². The van der Waals surface area contributed by atoms with E-state index >= 15 is 0 Å². The number of rotatable bonds is 4. The molecule has 94 valence electrons. The van der Waals surface area contributed by atoms with Gasteiger partial charge in [0.15, 0.2) is 11.0 Å². The van der Waals surface area contributed by atoms with E-state index in [2.05, 4.69) is 35.9 Å². The van der Waals surface area contributed by atoms with Crippen LogP contribution in [0.1, 0.15) is 37.8 Å². The van der Waals surface area contributed by atoms with E-state index in [4.69, 9.17) is 11.6 Å². The van der Waals surface area contributed by atoms with Crippen molar-refractivity contribution in [1.82, 2.24) is 10.2 Å². The number of hydrogen-bond acceptors (Lipinski definition) is 3. The third-order valence-electron chi connectivity index (χ3n) is 3.49. The molecule has 0 bridgehead atoms. The number of anilines is 1. The summed E-state index contributed by atoms with van der Waals surface area (Å²) in [6, 6.07) is 0.448. The predicted molar refractivity (Wildman–Crippen MR) is 71.7 cm³/mol. The molecular formula is C13H20ClN3. The van der Waals surface area contributed by atoms with Gasteiger partial charge in [0, 0.05) is 12.6 Å². The second kappa shape index (κ2) is 4.81. The summed E-state index contributed by atoms with van der Waals surface area (Å²) in [7, 11) is 0. The summed E-state index contributed by atoms with van der Waals surface area (Å²) in [4.78, 5) is 2.35. The number of nitrogens with zero attached hydrogens (tertiary/aromatic N) is 3. The van der Waals surface area contributed by atoms with Crippen molar-refractivity contribution >= 4 is 17.4 Å². The Morgan fingerprint density at radius 3 is 2.41 bits per heavy atom. The van der Waals surface area contributed by atoms with Crippen molar-refractivity contribution in [3.63, 3.8) is 0 Å². The van der Waals surface area contributed by atoms with Crippen LogP contribution in [0.15, 0.2) is 0 Å². The van der Waals surface area contributed by atoms with Crippen LogP contribution in [0.5, 0.6) is 0 Å². The van der Waals surface area contributed by atoms with Gasteiger partial charge in [0.1, 0.15) is 0 Å². The molecule has 1 heterocycles. The van der Waals surface area contributed by atoms with Crippen molar-refractivity contribution in [1.29, 1.82) is 0 Å². The van der Waals surface area contributed by atoms with Crippen LogP contribution in [0.2, 0.25) is 5.15 Å². The first-order chi connectivity index (χ1) is 8.00. The van der Waals surface area contributed by atoms with Gasteiger partial charge >= 0.3 is 0 Å². The Labute approximate surface area is 108 Å². The summed E-state index contributed by atoms with van der Waals surface area (Å²) in [6.45, 7) is 9.58. The molecule has 1 aliphatic rings. The second-order valence-corrected chi connectivity index (χ2v) is 5.61. The average molecular weight is 254 g/mol. The van der Waals surface area contributed by atoms with E-state index in [1.165, 1.54) is 12.8 Å². The first-order valence-electron chi connectivity index (χ1n) is 6.26. The van der Waals surface area contributed by atoms with Gasteiger partial charge in [0.05, 0.1) is 0 Å². The largest absolute Gasteiger partial charge is 0.352 e. The lowest BCUT2D eigenvalue weighted by atomic mass is 10.1. The van der Waals surface area contributed by atoms with Crippen molar-refractivity contribution in [3.8, 4) is 0 Å². The molecule has 3 nitrogen and oxygen atoms in total. The van der Waals surface area contributed by atoms with Crippen LogP contribution in [0.25, 0.3) is 0 Å². The average Bonchev–Trinajstić information content (AvgIpc) is 3.07. The van der Waals surface area contributed by atoms with Crippen LogP contribution in [0.3, 0.4) is 0 Å². The molecule has 4 heteroatoms. The second-order valence-electron chi connectivity index (χ2n) is 5.25. The van der Waals surface area contributed by atoms with Crippen molar-refractivity contribution in [2.24, 2.45) is 5.92 Å². The molecule has 2 rings (SSSR count). The van der Waals surface area contributed by atoms with Gasteiger partial charge in [0.2, 0.25) is 0 Å². The van der Waals surface area contributed by atoms with Crippen LogP contribution in [-0.4, -0.2) is 22.8 Å². The lowest BCUT2D eigenvalue weighted by Gasteiger charge is -2.29. The topological polar surface area (TPSA) is 29.0 Å². The molecule has 0 atom stereocenters. The first-order valence-corrected chi connectivity index (χ1v) is 6.64. The van der Waals surface area contributed by atoms with Crippen LogP contribution in [-0.2, 0) is 0 Å². The highest BCUT2D eigenvalue weighted by Gasteiger charge is 2.27. The summed E-state index contributed by atoms with van der Waals surface area (Å²) in [5.74, 6) is 1.84. The molecule has 1 aliphatic carbocycles. The first kappa shape index (κ1) is 12.6. The van der Waals surface area contributed by atoms with Gasteiger partial charge in [-0.1, -0.05) is 11.6 Å². The molecule has 1 aromatic rings. The lowest BCUT2D eigenvalue weighted by molar-refractivity contribution is 0.629. The normalized spacial score (nSPS) is 15.4. The van der Waals surface area contributed by atoms with Crippen LogP contribution in [0.4, 0.5) is 5.82 Å². The summed E-state index contributed by atoms with van der Waals surface area (Å²) < 4.78 is 0. The van der Waals surface area contributed by atoms with Gasteiger partial charge in [-0.05, 0) is 57.6 Å². The fourth-order valence-corrected chi connectivity index (χ4v) is 2.14. The Bertz CT molecular complexity index is 413. The van der Waals surface area contributed by atoms with Gasteiger partial charge < -0.3 is 4.90 Å². The maximum absolute atomic E-state index is 6.00. The Morgan fingerprint density at radius 2 is 1.88 bits per heavy atom. The Balaban J connectivity index is 2.31. The Morgan fingerprint density at radius 1 is 1.24 bits per heavy atom. The SMILES string of the molecule is Cc1c(Cl)nnc(N(CC2CC2)C(C)C)c1C. The lowest BCUT2D eigenvalue weighted by Crippen LogP contribution is -2.34. The van der Waals surface area contributed by atoms with E-state index in [-0.39, 0.29) is 0 Å². The van der Waals surface area contributed by atoms with Crippen LogP contribution < -0.4 is 4.90 Å². The highest BCUT2D eigenvalue weighted by Crippen LogP contribution is 2.33. The summed E-state index contributed by atoms with van der Waals surface area (Å²) in [5, 5.41) is 8.84. The molecule has 0 amide bonds. The quantitative estimate of drug-likeness (QED) is 0.824. The summed E-state index contributed by atoms with van der Waals surface area (Å²) in [5.41, 5.74) is 2.19. The van der Waals surface area contributed by atoms with Gasteiger partial charge in [-0.2, -0.15) is 0 Å². The maximum Gasteiger partial charge on any atom is 0.155 e. The predicted octanol–water partition coefficient (Wildman–Crippen LogP) is 3.37. The Hall–Kier alpha value is -0.830. The highest BCUT2D eigenvalue weighted by atomic mass is 35.5. The molecule has 1 saturated carbocycles. The monoisotopic (exact) mass is 253 g/mol. The van der Waals surface area contributed by atoms with Crippen molar-refractivity contribution in [2.45, 2.75) is 46.6 Å². The molecule has 0 unspecified atom stereocenters. The molecule has 0 N–H and O–H groups in total. The third kappa shape index (κ3) is 2.71. The molecule has 17 heavy (non-hydrogen) atoms. The zero-order valence-corrected chi connectivity index (χ0v) is 11.8. The standard InChI is InChI=1S/C13H20ClN3/c1-8(2)17(7-11-5-6-11)13-10(4)9(3)12(14)15-16-13/h8,11H,5-7H2,1-4H3. The van der Waals surface area contributed by atoms with Crippen molar-refractivity contribution < 1.29 is 0 Å². The molecule has 0 aliphatic heterocycles. The minimum atomic E-state index is 0.448. The van der Waals surface area contributed by atoms with Gasteiger partial charge in [0.25, 0.3) is 0 Å². The van der Waals surface area contributed by atoms with E-state index in [1.807, 2.05) is 6.92 Å². The fourth-order valence-electron chi connectivity index (χ4n) is 1.96. The molecule has 0 spiro atoms. The van der Waals surface area contributed by atoms with E-state index in [9.17, 15) is 0 Å². The zero-order valence-electron chi connectivity index (χ0n) is 11.0. The molecule has 0 radical (unpaired) electrons. The Kier molecular flexibility index (Phi) is 3.57. The molecular weight excluding hydrogens is 234 g/mol. The van der Waals surface area contributed by atoms with E-state index in [0.29, 0.717) is 11.2 Å². The van der Waals surface area contributed by atoms with E-state index in [0.717, 1.165) is 29.4 Å². The van der Waals surface area contributed by atoms with Gasteiger partial charge in [-0.25, -0.2) is 0 Å². The number of halogens is 1.